The number of amides is 2. The van der Waals surface area contributed by atoms with Crippen molar-refractivity contribution in [3.05, 3.63) is 16.5 Å². The van der Waals surface area contributed by atoms with Crippen LogP contribution < -0.4 is 10.6 Å². The standard InChI is InChI=1S/C18H26N2O4S/c1-12-10-15(20-17(21)13-5-6-13)25-16(12)18(22)19-7-3-8-23-11-14-4-2-9-24-14/h10,13-14H,2-9,11H2,1H3,(H,19,22)(H,20,21). The lowest BCUT2D eigenvalue weighted by Gasteiger charge is -2.10. The van der Waals surface area contributed by atoms with E-state index >= 15 is 0 Å². The highest BCUT2D eigenvalue weighted by molar-refractivity contribution is 7.18. The van der Waals surface area contributed by atoms with Crippen LogP contribution in [-0.2, 0) is 14.3 Å². The minimum absolute atomic E-state index is 0.0663. The maximum atomic E-state index is 12.3. The molecule has 1 aliphatic carbocycles. The Bertz CT molecular complexity index is 606. The molecular formula is C18H26N2O4S. The fraction of sp³-hybridized carbons (Fsp3) is 0.667. The molecule has 2 aliphatic rings. The predicted octanol–water partition coefficient (Wildman–Crippen LogP) is 2.72. The van der Waals surface area contributed by atoms with Crippen molar-refractivity contribution in [1.29, 1.82) is 0 Å². The molecule has 0 bridgehead atoms. The molecule has 138 valence electrons. The Labute approximate surface area is 152 Å². The summed E-state index contributed by atoms with van der Waals surface area (Å²) in [6.07, 6.45) is 5.15. The molecule has 1 aliphatic heterocycles. The Morgan fingerprint density at radius 3 is 2.92 bits per heavy atom. The Hall–Kier alpha value is -1.44. The van der Waals surface area contributed by atoms with Gasteiger partial charge in [-0.15, -0.1) is 11.3 Å². The molecule has 25 heavy (non-hydrogen) atoms. The second-order valence-corrected chi connectivity index (χ2v) is 7.76. The molecule has 2 amide bonds. The van der Waals surface area contributed by atoms with Crippen molar-refractivity contribution < 1.29 is 19.1 Å². The maximum Gasteiger partial charge on any atom is 0.261 e. The van der Waals surface area contributed by atoms with E-state index in [1.165, 1.54) is 11.3 Å². The molecule has 0 aromatic carbocycles. The van der Waals surface area contributed by atoms with Crippen molar-refractivity contribution in [3.63, 3.8) is 0 Å². The first-order valence-corrected chi connectivity index (χ1v) is 9.84. The number of carbonyl (C=O) groups excluding carboxylic acids is 2. The molecule has 1 aromatic heterocycles. The van der Waals surface area contributed by atoms with Crippen molar-refractivity contribution in [2.75, 3.05) is 31.7 Å². The molecule has 6 nitrogen and oxygen atoms in total. The number of nitrogens with one attached hydrogen (secondary N) is 2. The van der Waals surface area contributed by atoms with Gasteiger partial charge >= 0.3 is 0 Å². The molecule has 1 saturated heterocycles. The third kappa shape index (κ3) is 5.52. The van der Waals surface area contributed by atoms with Gasteiger partial charge in [-0.2, -0.15) is 0 Å². The van der Waals surface area contributed by atoms with Gasteiger partial charge in [0, 0.05) is 25.7 Å². The molecule has 0 spiro atoms. The molecule has 1 saturated carbocycles. The van der Waals surface area contributed by atoms with E-state index in [0.29, 0.717) is 24.6 Å². The van der Waals surface area contributed by atoms with Crippen LogP contribution in [0.2, 0.25) is 0 Å². The van der Waals surface area contributed by atoms with Gasteiger partial charge in [-0.3, -0.25) is 9.59 Å². The fourth-order valence-corrected chi connectivity index (χ4v) is 3.78. The molecule has 7 heteroatoms. The van der Waals surface area contributed by atoms with Crippen LogP contribution in [0.1, 0.15) is 47.3 Å². The van der Waals surface area contributed by atoms with Gasteiger partial charge in [-0.25, -0.2) is 0 Å². The van der Waals surface area contributed by atoms with Gasteiger partial charge in [0.25, 0.3) is 5.91 Å². The lowest BCUT2D eigenvalue weighted by molar-refractivity contribution is -0.117. The van der Waals surface area contributed by atoms with Gasteiger partial charge in [0.15, 0.2) is 0 Å². The number of rotatable bonds is 9. The van der Waals surface area contributed by atoms with Crippen molar-refractivity contribution in [3.8, 4) is 0 Å². The molecule has 2 N–H and O–H groups in total. The number of ether oxygens (including phenoxy) is 2. The van der Waals surface area contributed by atoms with Gasteiger partial charge in [0.2, 0.25) is 5.91 Å². The molecule has 0 radical (unpaired) electrons. The Morgan fingerprint density at radius 1 is 1.36 bits per heavy atom. The lowest BCUT2D eigenvalue weighted by Crippen LogP contribution is -2.25. The van der Waals surface area contributed by atoms with E-state index < -0.39 is 0 Å². The zero-order valence-corrected chi connectivity index (χ0v) is 15.5. The van der Waals surface area contributed by atoms with E-state index in [2.05, 4.69) is 10.6 Å². The number of anilines is 1. The summed E-state index contributed by atoms with van der Waals surface area (Å²) in [6, 6.07) is 1.87. The van der Waals surface area contributed by atoms with Gasteiger partial charge in [0.1, 0.15) is 0 Å². The summed E-state index contributed by atoms with van der Waals surface area (Å²) in [5.41, 5.74) is 0.892. The van der Waals surface area contributed by atoms with E-state index in [1.54, 1.807) is 0 Å². The van der Waals surface area contributed by atoms with Crippen molar-refractivity contribution >= 4 is 28.2 Å². The highest BCUT2D eigenvalue weighted by Gasteiger charge is 2.30. The molecule has 3 rings (SSSR count). The van der Waals surface area contributed by atoms with E-state index in [1.807, 2.05) is 13.0 Å². The zero-order chi connectivity index (χ0) is 17.6. The van der Waals surface area contributed by atoms with E-state index in [-0.39, 0.29) is 23.8 Å². The van der Waals surface area contributed by atoms with Crippen molar-refractivity contribution in [2.24, 2.45) is 5.92 Å². The number of thiophene rings is 1. The Kier molecular flexibility index (Phi) is 6.45. The van der Waals surface area contributed by atoms with E-state index in [4.69, 9.17) is 9.47 Å². The quantitative estimate of drug-likeness (QED) is 0.659. The van der Waals surface area contributed by atoms with Gasteiger partial charge in [-0.1, -0.05) is 0 Å². The highest BCUT2D eigenvalue weighted by Crippen LogP contribution is 2.32. The summed E-state index contributed by atoms with van der Waals surface area (Å²) in [7, 11) is 0. The van der Waals surface area contributed by atoms with E-state index in [9.17, 15) is 9.59 Å². The topological polar surface area (TPSA) is 76.7 Å². The third-order valence-electron chi connectivity index (χ3n) is 4.40. The van der Waals surface area contributed by atoms with Crippen LogP contribution in [0.15, 0.2) is 6.07 Å². The normalized spacial score (nSPS) is 19.8. The minimum atomic E-state index is -0.0893. The summed E-state index contributed by atoms with van der Waals surface area (Å²) >= 11 is 1.33. The molecular weight excluding hydrogens is 340 g/mol. The van der Waals surface area contributed by atoms with Crippen molar-refractivity contribution in [1.82, 2.24) is 5.32 Å². The van der Waals surface area contributed by atoms with Crippen LogP contribution in [0, 0.1) is 12.8 Å². The molecule has 2 fully saturated rings. The first kappa shape index (κ1) is 18.4. The molecule has 1 aromatic rings. The fourth-order valence-electron chi connectivity index (χ4n) is 2.79. The monoisotopic (exact) mass is 366 g/mol. The van der Waals surface area contributed by atoms with Crippen LogP contribution in [0.25, 0.3) is 0 Å². The Morgan fingerprint density at radius 2 is 2.20 bits per heavy atom. The first-order chi connectivity index (χ1) is 12.1. The molecule has 1 unspecified atom stereocenters. The van der Waals surface area contributed by atoms with Crippen LogP contribution in [-0.4, -0.2) is 44.3 Å². The zero-order valence-electron chi connectivity index (χ0n) is 14.6. The van der Waals surface area contributed by atoms with Crippen LogP contribution in [0.3, 0.4) is 0 Å². The average Bonchev–Trinajstić information content (AvgIpc) is 3.20. The SMILES string of the molecule is Cc1cc(NC(=O)C2CC2)sc1C(=O)NCCCOCC1CCCO1. The van der Waals surface area contributed by atoms with Gasteiger partial charge in [-0.05, 0) is 50.7 Å². The Balaban J connectivity index is 1.34. The largest absolute Gasteiger partial charge is 0.379 e. The summed E-state index contributed by atoms with van der Waals surface area (Å²) in [6.45, 7) is 4.57. The van der Waals surface area contributed by atoms with Crippen LogP contribution >= 0.6 is 11.3 Å². The van der Waals surface area contributed by atoms with Crippen LogP contribution in [0.5, 0.6) is 0 Å². The van der Waals surface area contributed by atoms with Crippen molar-refractivity contribution in [2.45, 2.75) is 45.1 Å². The van der Waals surface area contributed by atoms with Crippen LogP contribution in [0.4, 0.5) is 5.00 Å². The summed E-state index contributed by atoms with van der Waals surface area (Å²) in [5, 5.41) is 6.57. The maximum absolute atomic E-state index is 12.3. The minimum Gasteiger partial charge on any atom is -0.379 e. The second kappa shape index (κ2) is 8.78. The predicted molar refractivity (Wildman–Crippen MR) is 97.2 cm³/mol. The number of aryl methyl sites for hydroxylation is 1. The second-order valence-electron chi connectivity index (χ2n) is 6.71. The lowest BCUT2D eigenvalue weighted by atomic mass is 10.2. The summed E-state index contributed by atoms with van der Waals surface area (Å²) in [4.78, 5) is 24.7. The summed E-state index contributed by atoms with van der Waals surface area (Å²) in [5.74, 6) is 0.138. The number of hydrogen-bond donors (Lipinski definition) is 2. The highest BCUT2D eigenvalue weighted by atomic mass is 32.1. The smallest absolute Gasteiger partial charge is 0.261 e. The number of carbonyl (C=O) groups is 2. The third-order valence-corrected chi connectivity index (χ3v) is 5.55. The molecule has 2 heterocycles. The first-order valence-electron chi connectivity index (χ1n) is 9.02. The number of hydrogen-bond acceptors (Lipinski definition) is 5. The van der Waals surface area contributed by atoms with E-state index in [0.717, 1.165) is 49.3 Å². The summed E-state index contributed by atoms with van der Waals surface area (Å²) < 4.78 is 11.1. The molecule has 1 atom stereocenters. The van der Waals surface area contributed by atoms with Gasteiger partial charge in [0.05, 0.1) is 22.6 Å². The average molecular weight is 366 g/mol. The van der Waals surface area contributed by atoms with Gasteiger partial charge < -0.3 is 20.1 Å².